The van der Waals surface area contributed by atoms with Crippen LogP contribution in [0.3, 0.4) is 0 Å². The summed E-state index contributed by atoms with van der Waals surface area (Å²) in [6.45, 7) is 1.86. The minimum absolute atomic E-state index is 0.0155. The normalized spacial score (nSPS) is 13.2. The van der Waals surface area contributed by atoms with Crippen LogP contribution in [0.4, 0.5) is 0 Å². The maximum Gasteiger partial charge on any atom is 0.211 e. The molecule has 0 bridgehead atoms. The predicted molar refractivity (Wildman–Crippen MR) is 70.8 cm³/mol. The molecule has 18 heavy (non-hydrogen) atoms. The van der Waals surface area contributed by atoms with Gasteiger partial charge in [-0.25, -0.2) is 13.1 Å². The molecule has 1 aromatic heterocycles. The molecule has 6 nitrogen and oxygen atoms in total. The average Bonchev–Trinajstić information content (AvgIpc) is 2.35. The molecular weight excluding hydrogens is 252 g/mol. The summed E-state index contributed by atoms with van der Waals surface area (Å²) in [5.74, 6) is -0.297. The summed E-state index contributed by atoms with van der Waals surface area (Å²) in [6, 6.07) is 3.57. The number of nitrogens with zero attached hydrogens (tertiary/aromatic N) is 1. The number of rotatable bonds is 7. The number of aromatic nitrogens is 1. The SMILES string of the molecule is CC(CNS(=O)(=O)CCc1ccncc1)C(=N)N. The van der Waals surface area contributed by atoms with Gasteiger partial charge in [0.2, 0.25) is 10.0 Å². The largest absolute Gasteiger partial charge is 0.387 e. The van der Waals surface area contributed by atoms with Crippen molar-refractivity contribution in [3.8, 4) is 0 Å². The summed E-state index contributed by atoms with van der Waals surface area (Å²) in [4.78, 5) is 3.87. The fraction of sp³-hybridized carbons (Fsp3) is 0.455. The van der Waals surface area contributed by atoms with Crippen LogP contribution in [0.1, 0.15) is 12.5 Å². The van der Waals surface area contributed by atoms with E-state index >= 15 is 0 Å². The van der Waals surface area contributed by atoms with Gasteiger partial charge in [-0.05, 0) is 24.1 Å². The molecule has 1 unspecified atom stereocenters. The van der Waals surface area contributed by atoms with E-state index in [-0.39, 0.29) is 24.1 Å². The van der Waals surface area contributed by atoms with Crippen molar-refractivity contribution in [2.75, 3.05) is 12.3 Å². The van der Waals surface area contributed by atoms with Crippen LogP contribution in [0.15, 0.2) is 24.5 Å². The Hall–Kier alpha value is -1.47. The molecule has 1 rings (SSSR count). The van der Waals surface area contributed by atoms with E-state index < -0.39 is 10.0 Å². The zero-order valence-electron chi connectivity index (χ0n) is 10.3. The first-order valence-corrected chi connectivity index (χ1v) is 7.26. The lowest BCUT2D eigenvalue weighted by Crippen LogP contribution is -2.35. The number of nitrogens with one attached hydrogen (secondary N) is 2. The van der Waals surface area contributed by atoms with Gasteiger partial charge in [0, 0.05) is 24.9 Å². The van der Waals surface area contributed by atoms with Gasteiger partial charge in [-0.2, -0.15) is 0 Å². The Morgan fingerprint density at radius 2 is 2.11 bits per heavy atom. The number of sulfonamides is 1. The van der Waals surface area contributed by atoms with Crippen molar-refractivity contribution in [3.63, 3.8) is 0 Å². The zero-order valence-corrected chi connectivity index (χ0v) is 11.1. The highest BCUT2D eigenvalue weighted by Crippen LogP contribution is 2.00. The highest BCUT2D eigenvalue weighted by Gasteiger charge is 2.13. The number of hydrogen-bond acceptors (Lipinski definition) is 4. The molecule has 4 N–H and O–H groups in total. The van der Waals surface area contributed by atoms with E-state index in [9.17, 15) is 8.42 Å². The molecule has 7 heteroatoms. The first-order valence-electron chi connectivity index (χ1n) is 5.61. The Kier molecular flexibility index (Phi) is 5.24. The minimum atomic E-state index is -3.33. The van der Waals surface area contributed by atoms with Crippen LogP contribution in [0.2, 0.25) is 0 Å². The van der Waals surface area contributed by atoms with E-state index in [0.29, 0.717) is 6.42 Å². The maximum absolute atomic E-state index is 11.7. The lowest BCUT2D eigenvalue weighted by atomic mass is 10.2. The van der Waals surface area contributed by atoms with Crippen LogP contribution in [-0.4, -0.2) is 31.5 Å². The molecular formula is C11H18N4O2S. The maximum atomic E-state index is 11.7. The lowest BCUT2D eigenvalue weighted by molar-refractivity contribution is 0.573. The third-order valence-corrected chi connectivity index (χ3v) is 3.90. The molecule has 0 saturated carbocycles. The van der Waals surface area contributed by atoms with Gasteiger partial charge >= 0.3 is 0 Å². The monoisotopic (exact) mass is 270 g/mol. The van der Waals surface area contributed by atoms with E-state index in [4.69, 9.17) is 11.1 Å². The van der Waals surface area contributed by atoms with Crippen molar-refractivity contribution >= 4 is 15.9 Å². The number of nitrogens with two attached hydrogens (primary N) is 1. The van der Waals surface area contributed by atoms with Gasteiger partial charge in [0.25, 0.3) is 0 Å². The van der Waals surface area contributed by atoms with Crippen molar-refractivity contribution in [1.82, 2.24) is 9.71 Å². The second-order valence-electron chi connectivity index (χ2n) is 4.13. The number of amidine groups is 1. The van der Waals surface area contributed by atoms with E-state index in [0.717, 1.165) is 5.56 Å². The number of pyridine rings is 1. The average molecular weight is 270 g/mol. The van der Waals surface area contributed by atoms with Crippen LogP contribution in [0.25, 0.3) is 0 Å². The van der Waals surface area contributed by atoms with Crippen molar-refractivity contribution in [2.24, 2.45) is 11.7 Å². The summed E-state index contributed by atoms with van der Waals surface area (Å²) in [5.41, 5.74) is 6.20. The molecule has 0 aliphatic heterocycles. The van der Waals surface area contributed by atoms with Gasteiger partial charge < -0.3 is 5.73 Å². The predicted octanol–water partition coefficient (Wildman–Crippen LogP) is 0.116. The molecule has 1 heterocycles. The molecule has 0 saturated heterocycles. The first kappa shape index (κ1) is 14.6. The standard InChI is InChI=1S/C11H18N4O2S/c1-9(11(12)13)8-15-18(16,17)7-4-10-2-5-14-6-3-10/h2-3,5-6,9,15H,4,7-8H2,1H3,(H3,12,13). The molecule has 100 valence electrons. The second-order valence-corrected chi connectivity index (χ2v) is 6.06. The molecule has 0 aromatic carbocycles. The van der Waals surface area contributed by atoms with Crippen LogP contribution in [0.5, 0.6) is 0 Å². The highest BCUT2D eigenvalue weighted by molar-refractivity contribution is 7.89. The summed E-state index contributed by atoms with van der Waals surface area (Å²) in [7, 11) is -3.33. The van der Waals surface area contributed by atoms with Crippen LogP contribution < -0.4 is 10.5 Å². The van der Waals surface area contributed by atoms with Crippen molar-refractivity contribution in [2.45, 2.75) is 13.3 Å². The quantitative estimate of drug-likeness (QED) is 0.483. The van der Waals surface area contributed by atoms with Crippen molar-refractivity contribution < 1.29 is 8.42 Å². The van der Waals surface area contributed by atoms with Gasteiger partial charge in [-0.3, -0.25) is 10.4 Å². The Labute approximate surface area is 107 Å². The minimum Gasteiger partial charge on any atom is -0.387 e. The van der Waals surface area contributed by atoms with Gasteiger partial charge in [0.1, 0.15) is 0 Å². The summed E-state index contributed by atoms with van der Waals surface area (Å²) < 4.78 is 25.8. The Bertz CT molecular complexity index is 487. The topological polar surface area (TPSA) is 109 Å². The van der Waals surface area contributed by atoms with Crippen LogP contribution in [0, 0.1) is 11.3 Å². The molecule has 0 spiro atoms. The second kappa shape index (κ2) is 6.46. The number of aryl methyl sites for hydroxylation is 1. The molecule has 0 aliphatic carbocycles. The highest BCUT2D eigenvalue weighted by atomic mass is 32.2. The fourth-order valence-electron chi connectivity index (χ4n) is 1.24. The van der Waals surface area contributed by atoms with Crippen LogP contribution >= 0.6 is 0 Å². The molecule has 0 amide bonds. The zero-order chi connectivity index (χ0) is 13.6. The third-order valence-electron chi connectivity index (χ3n) is 2.55. The Balaban J connectivity index is 2.43. The lowest BCUT2D eigenvalue weighted by Gasteiger charge is -2.11. The Morgan fingerprint density at radius 3 is 2.67 bits per heavy atom. The van der Waals surface area contributed by atoms with E-state index in [2.05, 4.69) is 9.71 Å². The smallest absolute Gasteiger partial charge is 0.211 e. The van der Waals surface area contributed by atoms with Crippen molar-refractivity contribution in [3.05, 3.63) is 30.1 Å². The third kappa shape index (κ3) is 5.24. The van der Waals surface area contributed by atoms with Gasteiger partial charge in [-0.15, -0.1) is 0 Å². The Morgan fingerprint density at radius 1 is 1.50 bits per heavy atom. The first-order chi connectivity index (χ1) is 8.41. The summed E-state index contributed by atoms with van der Waals surface area (Å²) in [6.07, 6.45) is 3.70. The molecule has 0 aliphatic rings. The molecule has 1 atom stereocenters. The van der Waals surface area contributed by atoms with Gasteiger partial charge in [-0.1, -0.05) is 6.92 Å². The molecule has 0 fully saturated rings. The van der Waals surface area contributed by atoms with E-state index in [1.54, 1.807) is 31.5 Å². The van der Waals surface area contributed by atoms with Crippen molar-refractivity contribution in [1.29, 1.82) is 5.41 Å². The fourth-order valence-corrected chi connectivity index (χ4v) is 2.39. The molecule has 1 aromatic rings. The van der Waals surface area contributed by atoms with E-state index in [1.807, 2.05) is 0 Å². The summed E-state index contributed by atoms with van der Waals surface area (Å²) in [5, 5.41) is 7.18. The summed E-state index contributed by atoms with van der Waals surface area (Å²) >= 11 is 0. The van der Waals surface area contributed by atoms with E-state index in [1.165, 1.54) is 0 Å². The van der Waals surface area contributed by atoms with Gasteiger partial charge in [0.05, 0.1) is 11.6 Å². The number of hydrogen-bond donors (Lipinski definition) is 3. The van der Waals surface area contributed by atoms with Crippen LogP contribution in [-0.2, 0) is 16.4 Å². The van der Waals surface area contributed by atoms with Gasteiger partial charge in [0.15, 0.2) is 0 Å². The molecule has 0 radical (unpaired) electrons.